The van der Waals surface area contributed by atoms with E-state index in [1.807, 2.05) is 6.07 Å². The van der Waals surface area contributed by atoms with Crippen LogP contribution in [0.3, 0.4) is 0 Å². The van der Waals surface area contributed by atoms with E-state index in [-0.39, 0.29) is 36.4 Å². The van der Waals surface area contributed by atoms with Crippen molar-refractivity contribution in [1.29, 1.82) is 0 Å². The fourth-order valence-corrected chi connectivity index (χ4v) is 3.25. The van der Waals surface area contributed by atoms with E-state index in [4.69, 9.17) is 9.26 Å². The van der Waals surface area contributed by atoms with Crippen molar-refractivity contribution in [2.75, 3.05) is 13.1 Å². The third-order valence-electron chi connectivity index (χ3n) is 4.55. The van der Waals surface area contributed by atoms with Gasteiger partial charge in [0, 0.05) is 34.8 Å². The SMILES string of the molecule is Cc1c(-c2noc(C(=O)NCCNC(=O)C(C)Oc3cccc(Br)c3)n2)cccc1[N+](=O)[O-]. The Kier molecular flexibility index (Phi) is 7.72. The molecule has 0 fully saturated rings. The second-order valence-electron chi connectivity index (χ2n) is 6.89. The van der Waals surface area contributed by atoms with Crippen LogP contribution in [-0.2, 0) is 4.79 Å². The molecule has 0 saturated carbocycles. The average molecular weight is 518 g/mol. The summed E-state index contributed by atoms with van der Waals surface area (Å²) in [7, 11) is 0. The molecule has 172 valence electrons. The maximum Gasteiger partial charge on any atom is 0.316 e. The topological polar surface area (TPSA) is 149 Å². The minimum absolute atomic E-state index is 0.0631. The molecule has 1 aromatic heterocycles. The number of hydrogen-bond donors (Lipinski definition) is 2. The highest BCUT2D eigenvalue weighted by molar-refractivity contribution is 9.10. The highest BCUT2D eigenvalue weighted by Gasteiger charge is 2.21. The molecule has 0 aliphatic carbocycles. The second-order valence-corrected chi connectivity index (χ2v) is 7.81. The Bertz CT molecular complexity index is 1180. The van der Waals surface area contributed by atoms with Gasteiger partial charge in [-0.1, -0.05) is 39.3 Å². The molecule has 2 amide bonds. The number of benzene rings is 2. The molecular formula is C21H20BrN5O6. The first-order chi connectivity index (χ1) is 15.8. The molecule has 1 unspecified atom stereocenters. The zero-order valence-corrected chi connectivity index (χ0v) is 19.3. The van der Waals surface area contributed by atoms with E-state index in [9.17, 15) is 19.7 Å². The standard InChI is InChI=1S/C21H20BrN5O6/c1-12-16(7-4-8-17(12)27(30)31)18-25-21(33-26-18)20(29)24-10-9-23-19(28)13(2)32-15-6-3-5-14(22)11-15/h3-8,11,13H,9-10H2,1-2H3,(H,23,28)(H,24,29). The van der Waals surface area contributed by atoms with Gasteiger partial charge in [-0.3, -0.25) is 19.7 Å². The van der Waals surface area contributed by atoms with Crippen molar-refractivity contribution in [3.63, 3.8) is 0 Å². The van der Waals surface area contributed by atoms with E-state index >= 15 is 0 Å². The van der Waals surface area contributed by atoms with Crippen LogP contribution in [-0.4, -0.2) is 46.1 Å². The molecule has 0 saturated heterocycles. The summed E-state index contributed by atoms with van der Waals surface area (Å²) in [4.78, 5) is 39.0. The van der Waals surface area contributed by atoms with Crippen molar-refractivity contribution in [2.45, 2.75) is 20.0 Å². The summed E-state index contributed by atoms with van der Waals surface area (Å²) in [6.07, 6.45) is -0.730. The monoisotopic (exact) mass is 517 g/mol. The van der Waals surface area contributed by atoms with E-state index < -0.39 is 16.9 Å². The summed E-state index contributed by atoms with van der Waals surface area (Å²) in [6.45, 7) is 3.45. The van der Waals surface area contributed by atoms with Crippen molar-refractivity contribution in [3.05, 3.63) is 68.5 Å². The number of nitrogens with one attached hydrogen (secondary N) is 2. The van der Waals surface area contributed by atoms with Gasteiger partial charge in [-0.2, -0.15) is 4.98 Å². The molecule has 12 heteroatoms. The predicted octanol–water partition coefficient (Wildman–Crippen LogP) is 3.03. The number of nitrogens with zero attached hydrogens (tertiary/aromatic N) is 3. The highest BCUT2D eigenvalue weighted by atomic mass is 79.9. The molecule has 1 atom stereocenters. The molecule has 33 heavy (non-hydrogen) atoms. The summed E-state index contributed by atoms with van der Waals surface area (Å²) in [6, 6.07) is 11.6. The fourth-order valence-electron chi connectivity index (χ4n) is 2.87. The zero-order chi connectivity index (χ0) is 24.0. The van der Waals surface area contributed by atoms with E-state index in [0.29, 0.717) is 16.9 Å². The zero-order valence-electron chi connectivity index (χ0n) is 17.7. The molecule has 1 heterocycles. The van der Waals surface area contributed by atoms with Gasteiger partial charge in [0.15, 0.2) is 6.10 Å². The van der Waals surface area contributed by atoms with Crippen molar-refractivity contribution >= 4 is 33.4 Å². The first-order valence-corrected chi connectivity index (χ1v) is 10.6. The third kappa shape index (κ3) is 6.13. The highest BCUT2D eigenvalue weighted by Crippen LogP contribution is 2.27. The number of carbonyl (C=O) groups is 2. The minimum Gasteiger partial charge on any atom is -0.481 e. The van der Waals surface area contributed by atoms with Gasteiger partial charge >= 0.3 is 11.8 Å². The number of aromatic nitrogens is 2. The van der Waals surface area contributed by atoms with Crippen LogP contribution in [0.15, 0.2) is 51.5 Å². The Labute approximate surface area is 196 Å². The molecule has 3 aromatic rings. The predicted molar refractivity (Wildman–Crippen MR) is 121 cm³/mol. The molecule has 11 nitrogen and oxygen atoms in total. The van der Waals surface area contributed by atoms with Crippen LogP contribution >= 0.6 is 15.9 Å². The third-order valence-corrected chi connectivity index (χ3v) is 5.04. The number of halogens is 1. The fraction of sp³-hybridized carbons (Fsp3) is 0.238. The summed E-state index contributed by atoms with van der Waals surface area (Å²) >= 11 is 3.34. The van der Waals surface area contributed by atoms with Gasteiger partial charge in [0.25, 0.3) is 11.6 Å². The maximum absolute atomic E-state index is 12.2. The quantitative estimate of drug-likeness (QED) is 0.249. The van der Waals surface area contributed by atoms with Gasteiger partial charge in [0.05, 0.1) is 4.92 Å². The van der Waals surface area contributed by atoms with Gasteiger partial charge in [0.1, 0.15) is 5.75 Å². The molecular weight excluding hydrogens is 498 g/mol. The first-order valence-electron chi connectivity index (χ1n) is 9.82. The average Bonchev–Trinajstić information content (AvgIpc) is 3.26. The van der Waals surface area contributed by atoms with Crippen LogP contribution < -0.4 is 15.4 Å². The molecule has 3 rings (SSSR count). The van der Waals surface area contributed by atoms with Crippen molar-refractivity contribution in [3.8, 4) is 17.1 Å². The Hall–Kier alpha value is -3.80. The lowest BCUT2D eigenvalue weighted by Gasteiger charge is -2.15. The summed E-state index contributed by atoms with van der Waals surface area (Å²) in [5.41, 5.74) is 0.660. The van der Waals surface area contributed by atoms with E-state index in [0.717, 1.165) is 4.47 Å². The Morgan fingerprint density at radius 2 is 1.94 bits per heavy atom. The van der Waals surface area contributed by atoms with Crippen molar-refractivity contribution in [1.82, 2.24) is 20.8 Å². The molecule has 2 N–H and O–H groups in total. The van der Waals surface area contributed by atoms with E-state index in [2.05, 4.69) is 36.7 Å². The summed E-state index contributed by atoms with van der Waals surface area (Å²) in [5.74, 6) is -0.664. The van der Waals surface area contributed by atoms with Crippen LogP contribution in [0.25, 0.3) is 11.4 Å². The minimum atomic E-state index is -0.730. The van der Waals surface area contributed by atoms with Crippen LogP contribution in [0.5, 0.6) is 5.75 Å². The number of carbonyl (C=O) groups excluding carboxylic acids is 2. The normalized spacial score (nSPS) is 11.5. The summed E-state index contributed by atoms with van der Waals surface area (Å²) in [5, 5.41) is 20.0. The molecule has 0 aliphatic rings. The Morgan fingerprint density at radius 3 is 2.67 bits per heavy atom. The van der Waals surface area contributed by atoms with Gasteiger partial charge in [-0.25, -0.2) is 0 Å². The number of amides is 2. The largest absolute Gasteiger partial charge is 0.481 e. The van der Waals surface area contributed by atoms with Crippen molar-refractivity contribution in [2.24, 2.45) is 0 Å². The Morgan fingerprint density at radius 1 is 1.21 bits per heavy atom. The first kappa shape index (κ1) is 23.9. The Balaban J connectivity index is 1.49. The number of nitro benzene ring substituents is 1. The number of nitro groups is 1. The number of rotatable bonds is 9. The lowest BCUT2D eigenvalue weighted by molar-refractivity contribution is -0.385. The second kappa shape index (κ2) is 10.7. The van der Waals surface area contributed by atoms with Crippen LogP contribution in [0.2, 0.25) is 0 Å². The van der Waals surface area contributed by atoms with Crippen molar-refractivity contribution < 1.29 is 23.8 Å². The van der Waals surface area contributed by atoms with Crippen LogP contribution in [0, 0.1) is 17.0 Å². The maximum atomic E-state index is 12.2. The lowest BCUT2D eigenvalue weighted by Crippen LogP contribution is -2.40. The van der Waals surface area contributed by atoms with Crippen LogP contribution in [0.1, 0.15) is 23.2 Å². The molecule has 0 radical (unpaired) electrons. The van der Waals surface area contributed by atoms with Gasteiger partial charge < -0.3 is 19.9 Å². The van der Waals surface area contributed by atoms with Gasteiger partial charge in [0.2, 0.25) is 5.82 Å². The van der Waals surface area contributed by atoms with Crippen LogP contribution in [0.4, 0.5) is 5.69 Å². The molecule has 0 aliphatic heterocycles. The molecule has 0 spiro atoms. The summed E-state index contributed by atoms with van der Waals surface area (Å²) < 4.78 is 11.4. The molecule has 2 aromatic carbocycles. The number of ether oxygens (including phenoxy) is 1. The van der Waals surface area contributed by atoms with E-state index in [1.54, 1.807) is 38.1 Å². The molecule has 0 bridgehead atoms. The van der Waals surface area contributed by atoms with E-state index in [1.165, 1.54) is 12.1 Å². The smallest absolute Gasteiger partial charge is 0.316 e. The van der Waals surface area contributed by atoms with Gasteiger partial charge in [-0.05, 0) is 32.0 Å². The lowest BCUT2D eigenvalue weighted by atomic mass is 10.1. The number of hydrogen-bond acceptors (Lipinski definition) is 8. The van der Waals surface area contributed by atoms with Gasteiger partial charge in [-0.15, -0.1) is 0 Å².